The molecular formula is C97H181NO18. The van der Waals surface area contributed by atoms with Gasteiger partial charge in [-0.25, -0.2) is 0 Å². The zero-order valence-corrected chi connectivity index (χ0v) is 74.0. The van der Waals surface area contributed by atoms with Crippen molar-refractivity contribution in [2.75, 3.05) is 26.4 Å². The molecule has 19 heteroatoms. The van der Waals surface area contributed by atoms with Crippen LogP contribution in [0, 0.1) is 0 Å². The normalized spacial score (nSPS) is 24.6. The Balaban J connectivity index is 1.29. The van der Waals surface area contributed by atoms with Crippen LogP contribution in [0.15, 0.2) is 48.6 Å². The highest BCUT2D eigenvalue weighted by atomic mass is 16.8. The maximum absolute atomic E-state index is 13.5. The summed E-state index contributed by atoms with van der Waals surface area (Å²) in [4.78, 5) is 13.5. The lowest BCUT2D eigenvalue weighted by Crippen LogP contribution is -2.66. The number of aliphatic hydroxyl groups is 11. The summed E-state index contributed by atoms with van der Waals surface area (Å²) in [6.07, 6.45) is 74.5. The lowest BCUT2D eigenvalue weighted by Gasteiger charge is -2.48. The molecule has 0 bridgehead atoms. The fraction of sp³-hybridized carbons (Fsp3) is 0.907. The van der Waals surface area contributed by atoms with Gasteiger partial charge >= 0.3 is 0 Å². The van der Waals surface area contributed by atoms with Crippen molar-refractivity contribution in [1.82, 2.24) is 5.32 Å². The number of ether oxygens (including phenoxy) is 6. The first-order valence-electron chi connectivity index (χ1n) is 48.9. The van der Waals surface area contributed by atoms with Crippen LogP contribution in [0.5, 0.6) is 0 Å². The second-order valence-electron chi connectivity index (χ2n) is 34.9. The summed E-state index contributed by atoms with van der Waals surface area (Å²) in [6.45, 7) is 1.78. The number of hydrogen-bond donors (Lipinski definition) is 12. The van der Waals surface area contributed by atoms with E-state index in [2.05, 4.69) is 55.6 Å². The average Bonchev–Trinajstić information content (AvgIpc) is 0.783. The summed E-state index contributed by atoms with van der Waals surface area (Å²) < 4.78 is 34.5. The summed E-state index contributed by atoms with van der Waals surface area (Å²) in [7, 11) is 0. The summed E-state index contributed by atoms with van der Waals surface area (Å²) in [5.74, 6) is -0.281. The van der Waals surface area contributed by atoms with Gasteiger partial charge in [0.2, 0.25) is 5.91 Å². The van der Waals surface area contributed by atoms with Crippen LogP contribution in [0.3, 0.4) is 0 Å². The Hall–Kier alpha value is -2.25. The quantitative estimate of drug-likeness (QED) is 0.0199. The Kier molecular flexibility index (Phi) is 71.1. The first kappa shape index (κ1) is 108. The summed E-state index contributed by atoms with van der Waals surface area (Å²) >= 11 is 0. The second-order valence-corrected chi connectivity index (χ2v) is 34.9. The molecule has 0 spiro atoms. The molecule has 3 saturated heterocycles. The number of amides is 1. The van der Waals surface area contributed by atoms with Crippen LogP contribution in [0.1, 0.15) is 431 Å². The molecule has 12 N–H and O–H groups in total. The van der Waals surface area contributed by atoms with E-state index in [0.717, 1.165) is 44.9 Å². The average molecular weight is 1650 g/mol. The molecule has 0 radical (unpaired) electrons. The number of aliphatic hydroxyl groups excluding tert-OH is 11. The Morgan fingerprint density at radius 2 is 0.552 bits per heavy atom. The topological polar surface area (TPSA) is 307 Å². The predicted molar refractivity (Wildman–Crippen MR) is 471 cm³/mol. The van der Waals surface area contributed by atoms with Gasteiger partial charge in [-0.15, -0.1) is 0 Å². The zero-order valence-electron chi connectivity index (χ0n) is 74.0. The Labute approximate surface area is 707 Å². The van der Waals surface area contributed by atoms with E-state index in [1.807, 2.05) is 6.08 Å². The minimum absolute atomic E-state index is 0.236. The van der Waals surface area contributed by atoms with E-state index in [9.17, 15) is 61.0 Å². The van der Waals surface area contributed by atoms with Gasteiger partial charge in [-0.1, -0.05) is 403 Å². The van der Waals surface area contributed by atoms with Crippen LogP contribution in [-0.4, -0.2) is 193 Å². The van der Waals surface area contributed by atoms with Crippen LogP contribution < -0.4 is 5.32 Å². The number of allylic oxidation sites excluding steroid dienone is 7. The third-order valence-electron chi connectivity index (χ3n) is 24.3. The SMILES string of the molecule is CCCCCCCCCC/C=C\CCCCCCCCCCCCCCCCCCCCCCCCCCCCCCCC(=O)NC(COC1OC(CO)C(OC2OC(CO)C(OC3OC(CO)C(O)C(O)C3O)C(O)C2O)C(O)C1O)C(O)/C=C/CC/C=C/CC/C=C/CCCCCCCCCCCCCCCCCCCCCC. The second kappa shape index (κ2) is 76.4. The number of rotatable bonds is 81. The number of nitrogens with one attached hydrogen (secondary N) is 1. The van der Waals surface area contributed by atoms with E-state index in [1.165, 1.54) is 353 Å². The Morgan fingerprint density at radius 3 is 0.862 bits per heavy atom. The van der Waals surface area contributed by atoms with Gasteiger partial charge in [-0.3, -0.25) is 4.79 Å². The van der Waals surface area contributed by atoms with Crippen molar-refractivity contribution < 1.29 is 89.4 Å². The van der Waals surface area contributed by atoms with E-state index in [-0.39, 0.29) is 18.9 Å². The van der Waals surface area contributed by atoms with Gasteiger partial charge in [-0.05, 0) is 70.6 Å². The smallest absolute Gasteiger partial charge is 0.220 e. The van der Waals surface area contributed by atoms with Crippen LogP contribution in [0.2, 0.25) is 0 Å². The van der Waals surface area contributed by atoms with Crippen molar-refractivity contribution in [2.24, 2.45) is 0 Å². The van der Waals surface area contributed by atoms with Crippen LogP contribution in [0.4, 0.5) is 0 Å². The van der Waals surface area contributed by atoms with Gasteiger partial charge < -0.3 is 89.9 Å². The first-order valence-corrected chi connectivity index (χ1v) is 48.9. The largest absolute Gasteiger partial charge is 0.394 e. The maximum Gasteiger partial charge on any atom is 0.220 e. The highest BCUT2D eigenvalue weighted by molar-refractivity contribution is 5.76. The maximum atomic E-state index is 13.5. The molecule has 116 heavy (non-hydrogen) atoms. The van der Waals surface area contributed by atoms with Crippen molar-refractivity contribution in [3.05, 3.63) is 48.6 Å². The zero-order chi connectivity index (χ0) is 83.8. The molecule has 17 unspecified atom stereocenters. The molecule has 0 aromatic heterocycles. The van der Waals surface area contributed by atoms with Gasteiger partial charge in [0, 0.05) is 6.42 Å². The summed E-state index contributed by atoms with van der Waals surface area (Å²) in [6, 6.07) is -0.998. The van der Waals surface area contributed by atoms with E-state index >= 15 is 0 Å². The van der Waals surface area contributed by atoms with Gasteiger partial charge in [0.05, 0.1) is 38.6 Å². The number of carbonyl (C=O) groups is 1. The molecule has 17 atom stereocenters. The van der Waals surface area contributed by atoms with Crippen molar-refractivity contribution >= 4 is 5.91 Å². The molecule has 0 aliphatic carbocycles. The number of unbranched alkanes of at least 4 members (excludes halogenated alkanes) is 59. The van der Waals surface area contributed by atoms with E-state index in [0.29, 0.717) is 12.8 Å². The van der Waals surface area contributed by atoms with Gasteiger partial charge in [0.1, 0.15) is 73.2 Å². The lowest BCUT2D eigenvalue weighted by molar-refractivity contribution is -0.379. The molecule has 0 aromatic rings. The van der Waals surface area contributed by atoms with Crippen molar-refractivity contribution in [3.8, 4) is 0 Å². The predicted octanol–water partition coefficient (Wildman–Crippen LogP) is 19.9. The first-order chi connectivity index (χ1) is 56.8. The molecule has 3 heterocycles. The molecule has 0 aromatic carbocycles. The highest BCUT2D eigenvalue weighted by Crippen LogP contribution is 2.34. The highest BCUT2D eigenvalue weighted by Gasteiger charge is 2.54. The molecular weight excluding hydrogens is 1470 g/mol. The van der Waals surface area contributed by atoms with Crippen LogP contribution >= 0.6 is 0 Å². The minimum Gasteiger partial charge on any atom is -0.394 e. The van der Waals surface area contributed by atoms with E-state index in [4.69, 9.17) is 28.4 Å². The minimum atomic E-state index is -1.98. The Morgan fingerprint density at radius 1 is 0.302 bits per heavy atom. The summed E-state index contributed by atoms with van der Waals surface area (Å²) in [5, 5.41) is 121. The molecule has 3 aliphatic heterocycles. The third kappa shape index (κ3) is 53.7. The van der Waals surface area contributed by atoms with Crippen molar-refractivity contribution in [2.45, 2.75) is 535 Å². The fourth-order valence-electron chi connectivity index (χ4n) is 16.6. The number of carbonyl (C=O) groups excluding carboxylic acids is 1. The third-order valence-corrected chi connectivity index (χ3v) is 24.3. The van der Waals surface area contributed by atoms with Gasteiger partial charge in [0.25, 0.3) is 0 Å². The fourth-order valence-corrected chi connectivity index (χ4v) is 16.6. The molecule has 682 valence electrons. The standard InChI is InChI=1S/C97H181NO18/c1-3-5-7-9-11-13-15-17-19-21-23-25-27-29-31-33-35-36-37-38-39-40-41-42-43-44-45-47-49-51-53-55-57-59-61-63-65-67-69-71-73-75-85(103)98-80(81(102)74-72-70-68-66-64-62-60-58-56-54-52-50-48-46-34-32-30-28-26-24-22-20-18-16-14-12-10-8-6-4-2)79-111-95-91(109)88(106)93(83(77-100)113-95)116-97-92(110)89(107)94(84(78-101)114-97)115-96-90(108)87(105)86(104)82(76-99)112-96/h21,23,56,58,64,66,72,74,80-84,86-97,99-102,104-110H,3-20,22,24-55,57,59-63,65,67-71,73,75-79H2,1-2H3,(H,98,103)/b23-21-,58-56+,66-64+,74-72+. The molecule has 3 fully saturated rings. The number of hydrogen-bond acceptors (Lipinski definition) is 18. The molecule has 1 amide bonds. The van der Waals surface area contributed by atoms with Crippen LogP contribution in [-0.2, 0) is 33.2 Å². The van der Waals surface area contributed by atoms with Crippen LogP contribution in [0.25, 0.3) is 0 Å². The van der Waals surface area contributed by atoms with Crippen molar-refractivity contribution in [1.29, 1.82) is 0 Å². The van der Waals surface area contributed by atoms with E-state index < -0.39 is 124 Å². The molecule has 19 nitrogen and oxygen atoms in total. The monoisotopic (exact) mass is 1650 g/mol. The summed E-state index contributed by atoms with van der Waals surface area (Å²) in [5.41, 5.74) is 0. The molecule has 0 saturated carbocycles. The van der Waals surface area contributed by atoms with Crippen molar-refractivity contribution in [3.63, 3.8) is 0 Å². The van der Waals surface area contributed by atoms with Gasteiger partial charge in [0.15, 0.2) is 18.9 Å². The molecule has 3 aliphatic rings. The van der Waals surface area contributed by atoms with Gasteiger partial charge in [-0.2, -0.15) is 0 Å². The lowest BCUT2D eigenvalue weighted by atomic mass is 9.96. The Bertz CT molecular complexity index is 2280. The van der Waals surface area contributed by atoms with E-state index in [1.54, 1.807) is 6.08 Å². The molecule has 3 rings (SSSR count).